The second kappa shape index (κ2) is 6.40. The molecule has 14 heavy (non-hydrogen) atoms. The quantitative estimate of drug-likeness (QED) is 0.707. The lowest BCUT2D eigenvalue weighted by Gasteiger charge is -2.28. The van der Waals surface area contributed by atoms with E-state index in [0.29, 0.717) is 11.7 Å². The minimum atomic E-state index is -2.76. The molecule has 1 aliphatic heterocycles. The van der Waals surface area contributed by atoms with Gasteiger partial charge in [-0.1, -0.05) is 13.8 Å². The van der Waals surface area contributed by atoms with Crippen molar-refractivity contribution < 1.29 is 8.42 Å². The summed E-state index contributed by atoms with van der Waals surface area (Å²) >= 11 is 0. The molecule has 1 fully saturated rings. The summed E-state index contributed by atoms with van der Waals surface area (Å²) in [5, 5.41) is 0. The van der Waals surface area contributed by atoms with Crippen LogP contribution < -0.4 is 0 Å². The van der Waals surface area contributed by atoms with Crippen molar-refractivity contribution in [2.24, 2.45) is 5.92 Å². The molecule has 0 radical (unpaired) electrons. The van der Waals surface area contributed by atoms with Crippen LogP contribution in [0.5, 0.6) is 0 Å². The van der Waals surface area contributed by atoms with Crippen LogP contribution in [0.3, 0.4) is 0 Å². The molecule has 1 heterocycles. The van der Waals surface area contributed by atoms with Gasteiger partial charge >= 0.3 is 0 Å². The summed E-state index contributed by atoms with van der Waals surface area (Å²) in [6.45, 7) is 6.08. The van der Waals surface area contributed by atoms with E-state index in [9.17, 15) is 8.42 Å². The number of rotatable bonds is 2. The monoisotopic (exact) mass is 221 g/mol. The summed E-state index contributed by atoms with van der Waals surface area (Å²) < 4.78 is 21.9. The van der Waals surface area contributed by atoms with Crippen molar-refractivity contribution in [1.82, 2.24) is 4.90 Å². The summed E-state index contributed by atoms with van der Waals surface area (Å²) in [7, 11) is -0.680. The van der Waals surface area contributed by atoms with Crippen LogP contribution in [0.1, 0.15) is 26.7 Å². The molecule has 0 aliphatic carbocycles. The molecule has 0 spiro atoms. The molecule has 0 aromatic heterocycles. The molecule has 1 rings (SSSR count). The first-order chi connectivity index (χ1) is 6.47. The molecule has 0 unspecified atom stereocenters. The van der Waals surface area contributed by atoms with Gasteiger partial charge in [0, 0.05) is 6.26 Å². The lowest BCUT2D eigenvalue weighted by molar-refractivity contribution is 0.231. The van der Waals surface area contributed by atoms with Crippen LogP contribution in [0.25, 0.3) is 0 Å². The second-order valence-corrected chi connectivity index (χ2v) is 6.02. The maximum absolute atomic E-state index is 11.0. The number of hydrogen-bond acceptors (Lipinski definition) is 3. The van der Waals surface area contributed by atoms with E-state index in [1.54, 1.807) is 0 Å². The van der Waals surface area contributed by atoms with Gasteiger partial charge in [-0.2, -0.15) is 0 Å². The summed E-state index contributed by atoms with van der Waals surface area (Å²) in [5.74, 6) is 0.775. The van der Waals surface area contributed by atoms with Gasteiger partial charge < -0.3 is 4.90 Å². The summed E-state index contributed by atoms with van der Waals surface area (Å²) in [5.41, 5.74) is 0. The molecular weight excluding hydrogens is 198 g/mol. The molecule has 3 nitrogen and oxygen atoms in total. The normalized spacial score (nSPS) is 20.0. The maximum atomic E-state index is 11.0. The summed E-state index contributed by atoms with van der Waals surface area (Å²) in [4.78, 5) is 2.25. The Morgan fingerprint density at radius 3 is 2.00 bits per heavy atom. The van der Waals surface area contributed by atoms with Crippen molar-refractivity contribution in [3.63, 3.8) is 0 Å². The van der Waals surface area contributed by atoms with E-state index in [2.05, 4.69) is 11.9 Å². The van der Waals surface area contributed by atoms with Gasteiger partial charge in [-0.15, -0.1) is 0 Å². The van der Waals surface area contributed by atoms with Crippen molar-refractivity contribution in [3.8, 4) is 0 Å². The lowest BCUT2D eigenvalue weighted by atomic mass is 10.00. The van der Waals surface area contributed by atoms with Crippen molar-refractivity contribution in [2.45, 2.75) is 26.7 Å². The fourth-order valence-electron chi connectivity index (χ4n) is 1.66. The fourth-order valence-corrected chi connectivity index (χ4v) is 2.85. The van der Waals surface area contributed by atoms with Gasteiger partial charge in [0.15, 0.2) is 0 Å². The van der Waals surface area contributed by atoms with Crippen LogP contribution in [0.2, 0.25) is 0 Å². The first-order valence-corrected chi connectivity index (χ1v) is 7.40. The number of nitrogens with zero attached hydrogens (tertiary/aromatic N) is 1. The SMILES string of the molecule is CC.CN1CCC(CS(C)(=O)=O)CC1. The van der Waals surface area contributed by atoms with Crippen LogP contribution in [-0.4, -0.2) is 45.5 Å². The first kappa shape index (κ1) is 13.9. The Balaban J connectivity index is 0.000000791. The molecule has 0 atom stereocenters. The Morgan fingerprint density at radius 2 is 1.64 bits per heavy atom. The topological polar surface area (TPSA) is 37.4 Å². The number of sulfone groups is 1. The number of likely N-dealkylation sites (tertiary alicyclic amines) is 1. The molecule has 0 aromatic rings. The summed E-state index contributed by atoms with van der Waals surface area (Å²) in [6, 6.07) is 0. The predicted molar refractivity (Wildman–Crippen MR) is 61.3 cm³/mol. The largest absolute Gasteiger partial charge is 0.306 e. The van der Waals surface area contributed by atoms with Crippen LogP contribution >= 0.6 is 0 Å². The lowest BCUT2D eigenvalue weighted by Crippen LogP contribution is -2.32. The zero-order valence-electron chi connectivity index (χ0n) is 9.78. The second-order valence-electron chi connectivity index (χ2n) is 3.84. The summed E-state index contributed by atoms with van der Waals surface area (Å²) in [6.07, 6.45) is 3.39. The highest BCUT2D eigenvalue weighted by Gasteiger charge is 2.20. The van der Waals surface area contributed by atoms with E-state index in [0.717, 1.165) is 25.9 Å². The molecule has 0 bridgehead atoms. The molecule has 0 N–H and O–H groups in total. The highest BCUT2D eigenvalue weighted by molar-refractivity contribution is 7.90. The third kappa shape index (κ3) is 6.38. The van der Waals surface area contributed by atoms with E-state index in [-0.39, 0.29) is 0 Å². The zero-order chi connectivity index (χ0) is 11.2. The molecule has 1 aliphatic rings. The van der Waals surface area contributed by atoms with Crippen LogP contribution in [0.15, 0.2) is 0 Å². The smallest absolute Gasteiger partial charge is 0.147 e. The molecule has 4 heteroatoms. The Hall–Kier alpha value is -0.0900. The van der Waals surface area contributed by atoms with Gasteiger partial charge in [0.25, 0.3) is 0 Å². The average molecular weight is 221 g/mol. The van der Waals surface area contributed by atoms with Crippen LogP contribution in [0.4, 0.5) is 0 Å². The number of hydrogen-bond donors (Lipinski definition) is 0. The molecule has 0 saturated carbocycles. The maximum Gasteiger partial charge on any atom is 0.147 e. The van der Waals surface area contributed by atoms with E-state index in [4.69, 9.17) is 0 Å². The molecule has 1 saturated heterocycles. The molecule has 0 aromatic carbocycles. The Morgan fingerprint density at radius 1 is 1.21 bits per heavy atom. The van der Waals surface area contributed by atoms with E-state index in [1.165, 1.54) is 6.26 Å². The Labute approximate surface area is 88.4 Å². The molecular formula is C10H23NO2S. The van der Waals surface area contributed by atoms with Crippen molar-refractivity contribution in [2.75, 3.05) is 32.1 Å². The van der Waals surface area contributed by atoms with Gasteiger partial charge in [0.2, 0.25) is 0 Å². The third-order valence-electron chi connectivity index (χ3n) is 2.38. The van der Waals surface area contributed by atoms with Crippen molar-refractivity contribution >= 4 is 9.84 Å². The first-order valence-electron chi connectivity index (χ1n) is 5.33. The predicted octanol–water partition coefficient (Wildman–Crippen LogP) is 1.40. The zero-order valence-corrected chi connectivity index (χ0v) is 10.6. The van der Waals surface area contributed by atoms with Crippen molar-refractivity contribution in [3.05, 3.63) is 0 Å². The minimum Gasteiger partial charge on any atom is -0.306 e. The highest BCUT2D eigenvalue weighted by Crippen LogP contribution is 2.17. The Bertz CT molecular complexity index is 229. The van der Waals surface area contributed by atoms with Gasteiger partial charge in [0.1, 0.15) is 9.84 Å². The van der Waals surface area contributed by atoms with Crippen LogP contribution in [-0.2, 0) is 9.84 Å². The van der Waals surface area contributed by atoms with Gasteiger partial charge in [-0.05, 0) is 38.9 Å². The van der Waals surface area contributed by atoms with E-state index >= 15 is 0 Å². The third-order valence-corrected chi connectivity index (χ3v) is 3.45. The highest BCUT2D eigenvalue weighted by atomic mass is 32.2. The minimum absolute atomic E-state index is 0.376. The molecule has 0 amide bonds. The standard InChI is InChI=1S/C8H17NO2S.C2H6/c1-9-5-3-8(4-6-9)7-12(2,10)11;1-2/h8H,3-7H2,1-2H3;1-2H3. The van der Waals surface area contributed by atoms with Gasteiger partial charge in [0.05, 0.1) is 5.75 Å². The van der Waals surface area contributed by atoms with Crippen LogP contribution in [0, 0.1) is 5.92 Å². The van der Waals surface area contributed by atoms with Gasteiger partial charge in [-0.3, -0.25) is 0 Å². The van der Waals surface area contributed by atoms with E-state index < -0.39 is 9.84 Å². The average Bonchev–Trinajstić information content (AvgIpc) is 2.10. The Kier molecular flexibility index (Phi) is 6.36. The molecule has 86 valence electrons. The van der Waals surface area contributed by atoms with Crippen molar-refractivity contribution in [1.29, 1.82) is 0 Å². The fraction of sp³-hybridized carbons (Fsp3) is 1.00. The van der Waals surface area contributed by atoms with Gasteiger partial charge in [-0.25, -0.2) is 8.42 Å². The van der Waals surface area contributed by atoms with E-state index in [1.807, 2.05) is 13.8 Å². The number of piperidine rings is 1.